The summed E-state index contributed by atoms with van der Waals surface area (Å²) >= 11 is 7.22. The molecule has 0 aromatic rings. The molecule has 150 valence electrons. The van der Waals surface area contributed by atoms with E-state index in [2.05, 4.69) is 46.4 Å². The zero-order valence-corrected chi connectivity index (χ0v) is 19.1. The van der Waals surface area contributed by atoms with E-state index < -0.39 is 11.8 Å². The molecule has 8 heteroatoms. The van der Waals surface area contributed by atoms with Crippen LogP contribution in [0.25, 0.3) is 0 Å². The first kappa shape index (κ1) is 23.8. The Morgan fingerprint density at radius 1 is 1.08 bits per heavy atom. The van der Waals surface area contributed by atoms with Gasteiger partial charge in [-0.2, -0.15) is 0 Å². The molecule has 1 fully saturated rings. The molecule has 0 amide bonds. The molecule has 1 N–H and O–H groups in total. The van der Waals surface area contributed by atoms with Crippen LogP contribution < -0.4 is 0 Å². The summed E-state index contributed by atoms with van der Waals surface area (Å²) in [7, 11) is 0. The lowest BCUT2D eigenvalue weighted by Crippen LogP contribution is -2.41. The van der Waals surface area contributed by atoms with Gasteiger partial charge in [0.05, 0.1) is 32.5 Å². The molecule has 0 bridgehead atoms. The summed E-state index contributed by atoms with van der Waals surface area (Å²) in [5.74, 6) is 0.531. The molecule has 25 heavy (non-hydrogen) atoms. The smallest absolute Gasteiger partial charge is 0.247 e. The van der Waals surface area contributed by atoms with E-state index in [4.69, 9.17) is 25.6 Å². The molecule has 0 spiro atoms. The number of rotatable bonds is 9. The van der Waals surface area contributed by atoms with Crippen molar-refractivity contribution in [1.82, 2.24) is 4.90 Å². The molecular weight excluding hydrogens is 377 g/mol. The molecule has 1 heterocycles. The lowest BCUT2D eigenvalue weighted by atomic mass is 9.99. The highest BCUT2D eigenvalue weighted by atomic mass is 32.9. The summed E-state index contributed by atoms with van der Waals surface area (Å²) in [6, 6.07) is 0. The second-order valence-electron chi connectivity index (χ2n) is 8.98. The van der Waals surface area contributed by atoms with E-state index in [0.717, 1.165) is 26.3 Å². The average Bonchev–Trinajstić information content (AvgIpc) is 2.49. The molecule has 5 nitrogen and oxygen atoms in total. The monoisotopic (exact) mass is 413 g/mol. The average molecular weight is 414 g/mol. The van der Waals surface area contributed by atoms with Gasteiger partial charge >= 0.3 is 0 Å². The Morgan fingerprint density at radius 2 is 1.56 bits per heavy atom. The Hall–Kier alpha value is 0.800. The molecule has 0 aromatic heterocycles. The predicted molar refractivity (Wildman–Crippen MR) is 111 cm³/mol. The second-order valence-corrected chi connectivity index (χ2v) is 15.3. The zero-order valence-electron chi connectivity index (χ0n) is 16.6. The number of ether oxygens (including phenoxy) is 1. The molecule has 1 aliphatic rings. The summed E-state index contributed by atoms with van der Waals surface area (Å²) in [5.41, 5.74) is -2.41. The Bertz CT molecular complexity index is 409. The fourth-order valence-corrected chi connectivity index (χ4v) is 6.43. The highest BCUT2D eigenvalue weighted by Crippen LogP contribution is 2.62. The highest BCUT2D eigenvalue weighted by molar-refractivity contribution is 8.67. The highest BCUT2D eigenvalue weighted by Gasteiger charge is 2.27. The fourth-order valence-electron chi connectivity index (χ4n) is 1.97. The van der Waals surface area contributed by atoms with Crippen molar-refractivity contribution in [1.29, 1.82) is 0 Å². The van der Waals surface area contributed by atoms with Gasteiger partial charge in [-0.15, -0.1) is 0 Å². The van der Waals surface area contributed by atoms with Crippen molar-refractivity contribution in [3.05, 3.63) is 0 Å². The molecule has 1 aliphatic heterocycles. The van der Waals surface area contributed by atoms with Crippen LogP contribution in [0.5, 0.6) is 0 Å². The van der Waals surface area contributed by atoms with Crippen LogP contribution >= 0.6 is 17.1 Å². The molecule has 0 aromatic carbocycles. The first-order chi connectivity index (χ1) is 11.4. The van der Waals surface area contributed by atoms with E-state index in [9.17, 15) is 5.11 Å². The van der Waals surface area contributed by atoms with Gasteiger partial charge in [-0.1, -0.05) is 52.9 Å². The van der Waals surface area contributed by atoms with Gasteiger partial charge in [-0.05, 0) is 22.6 Å². The number of aliphatic hydroxyl groups is 1. The zero-order chi connectivity index (χ0) is 19.1. The number of hydrogen-bond acceptors (Lipinski definition) is 7. The Balaban J connectivity index is 2.54. The van der Waals surface area contributed by atoms with Crippen molar-refractivity contribution in [2.45, 2.75) is 47.6 Å². The van der Waals surface area contributed by atoms with Crippen molar-refractivity contribution in [3.8, 4) is 0 Å². The minimum atomic E-state index is -2.47. The van der Waals surface area contributed by atoms with Crippen molar-refractivity contribution >= 4 is 28.9 Å². The van der Waals surface area contributed by atoms with Gasteiger partial charge < -0.3 is 18.9 Å². The van der Waals surface area contributed by atoms with Gasteiger partial charge in [0.15, 0.2) is 0 Å². The summed E-state index contributed by atoms with van der Waals surface area (Å²) < 4.78 is 17.4. The Morgan fingerprint density at radius 3 is 2.00 bits per heavy atom. The number of hydrogen-bond donors (Lipinski definition) is 1. The van der Waals surface area contributed by atoms with Crippen LogP contribution in [0, 0.1) is 10.8 Å². The van der Waals surface area contributed by atoms with Crippen molar-refractivity contribution in [2.75, 3.05) is 51.8 Å². The topological polar surface area (TPSA) is 51.2 Å². The number of nitrogens with zero attached hydrogens (tertiary/aromatic N) is 1. The van der Waals surface area contributed by atoms with E-state index >= 15 is 0 Å². The molecule has 1 rings (SSSR count). The fraction of sp³-hybridized carbons (Fsp3) is 1.00. The second kappa shape index (κ2) is 10.4. The largest absolute Gasteiger partial charge is 0.391 e. The summed E-state index contributed by atoms with van der Waals surface area (Å²) in [5, 5.41) is 10.4. The third kappa shape index (κ3) is 12.0. The Kier molecular flexibility index (Phi) is 9.89. The predicted octanol–water partition coefficient (Wildman–Crippen LogP) is 3.76. The van der Waals surface area contributed by atoms with E-state index in [1.165, 1.54) is 11.4 Å². The van der Waals surface area contributed by atoms with E-state index in [-0.39, 0.29) is 10.8 Å². The van der Waals surface area contributed by atoms with Gasteiger partial charge in [-0.3, -0.25) is 4.90 Å². The Labute approximate surface area is 163 Å². The standard InChI is InChI=1S/C17H36NO4PS2/c1-16(2,3)13-21-23(24,22-14-17(4,5)6)25-12-15(19)11-18-7-9-20-10-8-18/h15,19H,7-14H2,1-6H3. The number of aliphatic hydroxyl groups excluding tert-OH is 1. The van der Waals surface area contributed by atoms with E-state index in [1.54, 1.807) is 0 Å². The van der Waals surface area contributed by atoms with Gasteiger partial charge in [0.2, 0.25) is 5.69 Å². The lowest BCUT2D eigenvalue weighted by Gasteiger charge is -2.31. The molecule has 1 atom stereocenters. The SMILES string of the molecule is CC(C)(C)COP(=S)(OCC(C)(C)C)SCC(O)CN1CCOCC1. The van der Waals surface area contributed by atoms with Crippen LogP contribution in [-0.2, 0) is 25.6 Å². The molecule has 0 saturated carbocycles. The molecule has 0 aliphatic carbocycles. The van der Waals surface area contributed by atoms with Crippen molar-refractivity contribution in [2.24, 2.45) is 10.8 Å². The minimum Gasteiger partial charge on any atom is -0.391 e. The van der Waals surface area contributed by atoms with Crippen LogP contribution in [0.1, 0.15) is 41.5 Å². The van der Waals surface area contributed by atoms with Crippen molar-refractivity contribution in [3.63, 3.8) is 0 Å². The normalized spacial score (nSPS) is 19.2. The van der Waals surface area contributed by atoms with Crippen LogP contribution in [0.4, 0.5) is 0 Å². The van der Waals surface area contributed by atoms with Crippen molar-refractivity contribution < 1.29 is 18.9 Å². The summed E-state index contributed by atoms with van der Waals surface area (Å²) in [4.78, 5) is 2.23. The summed E-state index contributed by atoms with van der Waals surface area (Å²) in [6.07, 6.45) is -0.443. The molecule has 0 radical (unpaired) electrons. The lowest BCUT2D eigenvalue weighted by molar-refractivity contribution is 0.0188. The molecule has 1 saturated heterocycles. The summed E-state index contributed by atoms with van der Waals surface area (Å²) in [6.45, 7) is 17.7. The van der Waals surface area contributed by atoms with Gasteiger partial charge in [0.25, 0.3) is 0 Å². The molecular formula is C17H36NO4PS2. The maximum absolute atomic E-state index is 10.4. The van der Waals surface area contributed by atoms with Crippen LogP contribution in [-0.4, -0.2) is 67.9 Å². The van der Waals surface area contributed by atoms with Gasteiger partial charge in [0, 0.05) is 25.4 Å². The maximum atomic E-state index is 10.4. The number of β-amino-alcohol motifs (C(OH)–C–C–N with tert-alkyl or cyclic N) is 1. The van der Waals surface area contributed by atoms with Crippen LogP contribution in [0.2, 0.25) is 0 Å². The minimum absolute atomic E-state index is 0.0299. The first-order valence-corrected chi connectivity index (χ1v) is 13.1. The van der Waals surface area contributed by atoms with Gasteiger partial charge in [0.1, 0.15) is 0 Å². The third-order valence-corrected chi connectivity index (χ3v) is 8.66. The van der Waals surface area contributed by atoms with E-state index in [1.807, 2.05) is 0 Å². The van der Waals surface area contributed by atoms with Gasteiger partial charge in [-0.25, -0.2) is 0 Å². The quantitative estimate of drug-likeness (QED) is 0.578. The molecule has 1 unspecified atom stereocenters. The van der Waals surface area contributed by atoms with Crippen LogP contribution in [0.3, 0.4) is 0 Å². The maximum Gasteiger partial charge on any atom is 0.247 e. The third-order valence-electron chi connectivity index (χ3n) is 3.31. The van der Waals surface area contributed by atoms with Crippen LogP contribution in [0.15, 0.2) is 0 Å². The number of morpholine rings is 1. The first-order valence-electron chi connectivity index (χ1n) is 8.90. The van der Waals surface area contributed by atoms with E-state index in [0.29, 0.717) is 25.5 Å².